The highest BCUT2D eigenvalue weighted by atomic mass is 32.2. The standard InChI is InChI=1S/C41H38F3NO3S/c1-40(2,48)33-9-4-3-7-27(33)14-17-37(49-25-41(18-19-41)24-38(46)47)30-8-5-6-26(20-30)10-15-32-16-13-28-11-12-29(23-36(28)45-32)31-21-34(42)39(44)35(43)22-31/h3-13,15-16,20-23,37,48H,14,17-19,24-25H2,1-2H3,(H,46,47)/b15-10+/t37-/m1/s1. The monoisotopic (exact) mass is 681 g/mol. The van der Waals surface area contributed by atoms with E-state index in [9.17, 15) is 28.2 Å². The quantitative estimate of drug-likeness (QED) is 0.121. The van der Waals surface area contributed by atoms with E-state index in [0.717, 1.165) is 71.2 Å². The first-order valence-corrected chi connectivity index (χ1v) is 17.4. The number of halogens is 3. The zero-order valence-electron chi connectivity index (χ0n) is 27.4. The third-order valence-corrected chi connectivity index (χ3v) is 10.9. The van der Waals surface area contributed by atoms with E-state index in [1.165, 1.54) is 0 Å². The van der Waals surface area contributed by atoms with Crippen molar-refractivity contribution in [2.75, 3.05) is 5.75 Å². The van der Waals surface area contributed by atoms with E-state index in [-0.39, 0.29) is 22.6 Å². The van der Waals surface area contributed by atoms with Crippen molar-refractivity contribution in [3.8, 4) is 11.1 Å². The van der Waals surface area contributed by atoms with E-state index in [2.05, 4.69) is 18.2 Å². The van der Waals surface area contributed by atoms with E-state index in [1.807, 2.05) is 72.4 Å². The molecule has 1 aliphatic rings. The Hall–Kier alpha value is -4.40. The minimum atomic E-state index is -1.50. The van der Waals surface area contributed by atoms with Gasteiger partial charge in [-0.3, -0.25) is 4.79 Å². The minimum absolute atomic E-state index is 0.118. The number of nitrogens with zero attached hydrogens (tertiary/aromatic N) is 1. The molecule has 49 heavy (non-hydrogen) atoms. The topological polar surface area (TPSA) is 70.4 Å². The van der Waals surface area contributed by atoms with Gasteiger partial charge in [0.1, 0.15) is 0 Å². The Kier molecular flexibility index (Phi) is 10.00. The summed E-state index contributed by atoms with van der Waals surface area (Å²) in [5.74, 6) is -3.96. The van der Waals surface area contributed by atoms with Crippen LogP contribution in [0.3, 0.4) is 0 Å². The predicted molar refractivity (Wildman–Crippen MR) is 192 cm³/mol. The van der Waals surface area contributed by atoms with Crippen LogP contribution in [0, 0.1) is 22.9 Å². The van der Waals surface area contributed by atoms with Crippen LogP contribution >= 0.6 is 11.8 Å². The van der Waals surface area contributed by atoms with Gasteiger partial charge in [0.05, 0.1) is 23.2 Å². The van der Waals surface area contributed by atoms with Gasteiger partial charge in [-0.15, -0.1) is 0 Å². The van der Waals surface area contributed by atoms with Crippen LogP contribution in [-0.2, 0) is 16.8 Å². The number of hydrogen-bond donors (Lipinski definition) is 2. The van der Waals surface area contributed by atoms with Gasteiger partial charge in [-0.1, -0.05) is 72.8 Å². The average Bonchev–Trinajstić information content (AvgIpc) is 3.84. The van der Waals surface area contributed by atoms with Gasteiger partial charge in [0.25, 0.3) is 0 Å². The van der Waals surface area contributed by atoms with E-state index < -0.39 is 29.0 Å². The highest BCUT2D eigenvalue weighted by molar-refractivity contribution is 7.99. The van der Waals surface area contributed by atoms with Crippen molar-refractivity contribution in [3.63, 3.8) is 0 Å². The smallest absolute Gasteiger partial charge is 0.303 e. The van der Waals surface area contributed by atoms with Crippen LogP contribution in [-0.4, -0.2) is 26.9 Å². The Morgan fingerprint density at radius 2 is 1.65 bits per heavy atom. The second-order valence-corrected chi connectivity index (χ2v) is 14.7. The Morgan fingerprint density at radius 1 is 0.918 bits per heavy atom. The lowest BCUT2D eigenvalue weighted by molar-refractivity contribution is -0.138. The maximum absolute atomic E-state index is 13.9. The fraction of sp³-hybridized carbons (Fsp3) is 0.268. The number of benzene rings is 4. The predicted octanol–water partition coefficient (Wildman–Crippen LogP) is 10.4. The molecule has 0 unspecified atom stereocenters. The number of carboxylic acids is 1. The summed E-state index contributed by atoms with van der Waals surface area (Å²) in [7, 11) is 0. The van der Waals surface area contributed by atoms with Gasteiger partial charge in [-0.05, 0) is 109 Å². The molecule has 8 heteroatoms. The number of aryl methyl sites for hydroxylation is 1. The van der Waals surface area contributed by atoms with E-state index in [0.29, 0.717) is 16.8 Å². The Morgan fingerprint density at radius 3 is 2.37 bits per heavy atom. The highest BCUT2D eigenvalue weighted by Crippen LogP contribution is 2.53. The third kappa shape index (κ3) is 8.43. The van der Waals surface area contributed by atoms with Crippen LogP contribution in [0.15, 0.2) is 91.0 Å². The molecular formula is C41H38F3NO3S. The molecule has 0 spiro atoms. The Labute approximate surface area is 288 Å². The number of thioether (sulfide) groups is 1. The molecular weight excluding hydrogens is 644 g/mol. The van der Waals surface area contributed by atoms with Crippen molar-refractivity contribution in [3.05, 3.63) is 136 Å². The number of aliphatic hydroxyl groups is 1. The summed E-state index contributed by atoms with van der Waals surface area (Å²) >= 11 is 1.82. The molecule has 5 aromatic rings. The molecule has 252 valence electrons. The molecule has 6 rings (SSSR count). The molecule has 0 bridgehead atoms. The number of rotatable bonds is 13. The summed E-state index contributed by atoms with van der Waals surface area (Å²) in [5, 5.41) is 21.2. The normalized spacial score (nSPS) is 14.7. The van der Waals surface area contributed by atoms with Crippen LogP contribution in [0.4, 0.5) is 13.2 Å². The molecule has 4 nitrogen and oxygen atoms in total. The van der Waals surface area contributed by atoms with Gasteiger partial charge in [0, 0.05) is 16.4 Å². The second kappa shape index (κ2) is 14.2. The molecule has 0 aliphatic heterocycles. The first kappa shape index (κ1) is 34.5. The zero-order valence-corrected chi connectivity index (χ0v) is 28.2. The lowest BCUT2D eigenvalue weighted by Gasteiger charge is -2.24. The van der Waals surface area contributed by atoms with Gasteiger partial charge >= 0.3 is 5.97 Å². The van der Waals surface area contributed by atoms with Crippen molar-refractivity contribution in [2.24, 2.45) is 5.41 Å². The summed E-state index contributed by atoms with van der Waals surface area (Å²) in [6.07, 6.45) is 7.55. The number of hydrogen-bond acceptors (Lipinski definition) is 4. The zero-order chi connectivity index (χ0) is 34.8. The van der Waals surface area contributed by atoms with Crippen molar-refractivity contribution in [1.29, 1.82) is 0 Å². The number of aliphatic carboxylic acids is 1. The Bertz CT molecular complexity index is 2010. The molecule has 1 fully saturated rings. The molecule has 1 atom stereocenters. The number of fused-ring (bicyclic) bond motifs is 1. The minimum Gasteiger partial charge on any atom is -0.481 e. The van der Waals surface area contributed by atoms with Crippen LogP contribution in [0.2, 0.25) is 0 Å². The van der Waals surface area contributed by atoms with Crippen molar-refractivity contribution < 1.29 is 28.2 Å². The SMILES string of the molecule is CC(C)(O)c1ccccc1CC[C@@H](SCC1(CC(=O)O)CC1)c1cccc(/C=C/c2ccc3ccc(-c4cc(F)c(F)c(F)c4)cc3n2)c1. The first-order valence-electron chi connectivity index (χ1n) is 16.4. The van der Waals surface area contributed by atoms with Gasteiger partial charge in [0.2, 0.25) is 0 Å². The van der Waals surface area contributed by atoms with Crippen molar-refractivity contribution >= 4 is 40.8 Å². The maximum atomic E-state index is 13.9. The van der Waals surface area contributed by atoms with Gasteiger partial charge in [-0.2, -0.15) is 11.8 Å². The van der Waals surface area contributed by atoms with E-state index in [4.69, 9.17) is 4.98 Å². The summed E-state index contributed by atoms with van der Waals surface area (Å²) in [4.78, 5) is 16.3. The first-order chi connectivity index (χ1) is 23.4. The molecule has 0 amide bonds. The highest BCUT2D eigenvalue weighted by Gasteiger charge is 2.44. The number of pyridine rings is 1. The molecule has 2 N–H and O–H groups in total. The second-order valence-electron chi connectivity index (χ2n) is 13.5. The lowest BCUT2D eigenvalue weighted by atomic mass is 9.90. The molecule has 4 aromatic carbocycles. The van der Waals surface area contributed by atoms with Gasteiger partial charge < -0.3 is 10.2 Å². The molecule has 1 aromatic heterocycles. The summed E-state index contributed by atoms with van der Waals surface area (Å²) in [5.41, 5.74) is 5.13. The molecule has 0 saturated heterocycles. The molecule has 1 heterocycles. The van der Waals surface area contributed by atoms with E-state index >= 15 is 0 Å². The molecule has 1 aliphatic carbocycles. The van der Waals surface area contributed by atoms with Crippen LogP contribution < -0.4 is 0 Å². The fourth-order valence-corrected chi connectivity index (χ4v) is 7.86. The van der Waals surface area contributed by atoms with Crippen LogP contribution in [0.1, 0.15) is 72.7 Å². The lowest BCUT2D eigenvalue weighted by Crippen LogP contribution is -2.18. The Balaban J connectivity index is 1.24. The maximum Gasteiger partial charge on any atom is 0.303 e. The summed E-state index contributed by atoms with van der Waals surface area (Å²) in [6.45, 7) is 3.60. The van der Waals surface area contributed by atoms with Gasteiger partial charge in [-0.25, -0.2) is 18.2 Å². The number of carboxylic acid groups (broad SMARTS) is 1. The fourth-order valence-electron chi connectivity index (χ4n) is 6.29. The third-order valence-electron chi connectivity index (χ3n) is 9.19. The number of aromatic nitrogens is 1. The number of carbonyl (C=O) groups is 1. The van der Waals surface area contributed by atoms with Crippen molar-refractivity contribution in [2.45, 2.75) is 56.8 Å². The summed E-state index contributed by atoms with van der Waals surface area (Å²) in [6, 6.07) is 27.3. The van der Waals surface area contributed by atoms with E-state index in [1.54, 1.807) is 26.0 Å². The van der Waals surface area contributed by atoms with Crippen molar-refractivity contribution in [1.82, 2.24) is 4.98 Å². The largest absolute Gasteiger partial charge is 0.481 e. The average molecular weight is 682 g/mol. The summed E-state index contributed by atoms with van der Waals surface area (Å²) < 4.78 is 41.3. The molecule has 0 radical (unpaired) electrons. The van der Waals surface area contributed by atoms with Crippen LogP contribution in [0.25, 0.3) is 34.2 Å². The van der Waals surface area contributed by atoms with Gasteiger partial charge in [0.15, 0.2) is 17.5 Å². The molecule has 1 saturated carbocycles. The van der Waals surface area contributed by atoms with Crippen LogP contribution in [0.5, 0.6) is 0 Å².